The molecule has 0 saturated carbocycles. The third kappa shape index (κ3) is 2.21. The molecule has 0 amide bonds. The fraction of sp³-hybridized carbons (Fsp3) is 0.300. The van der Waals surface area contributed by atoms with E-state index in [0.717, 1.165) is 32.8 Å². The summed E-state index contributed by atoms with van der Waals surface area (Å²) in [6.45, 7) is 0. The van der Waals surface area contributed by atoms with Gasteiger partial charge in [0.1, 0.15) is 7.11 Å². The smallest absolute Gasteiger partial charge is 0.106 e. The third-order valence-corrected chi connectivity index (χ3v) is 4.98. The van der Waals surface area contributed by atoms with Gasteiger partial charge in [-0.25, -0.2) is 0 Å². The summed E-state index contributed by atoms with van der Waals surface area (Å²) < 4.78 is 0.782. The van der Waals surface area contributed by atoms with Crippen LogP contribution in [0.15, 0.2) is 20.6 Å². The number of nitrogens with zero attached hydrogens (tertiary/aromatic N) is 1. The zero-order chi connectivity index (χ0) is 11.7. The van der Waals surface area contributed by atoms with Gasteiger partial charge in [0, 0.05) is 27.1 Å². The maximum atomic E-state index is 6.26. The van der Waals surface area contributed by atoms with E-state index in [2.05, 4.69) is 21.1 Å². The van der Waals surface area contributed by atoms with Crippen LogP contribution in [-0.4, -0.2) is 18.6 Å². The number of benzene rings is 1. The molecule has 6 heteroatoms. The predicted octanol–water partition coefficient (Wildman–Crippen LogP) is 4.60. The lowest BCUT2D eigenvalue weighted by Crippen LogP contribution is -2.11. The molecule has 2 nitrogen and oxygen atoms in total. The van der Waals surface area contributed by atoms with Gasteiger partial charge in [0.2, 0.25) is 0 Å². The van der Waals surface area contributed by atoms with Gasteiger partial charge in [0.05, 0.1) is 15.8 Å². The fourth-order valence-electron chi connectivity index (χ4n) is 1.55. The average molecular weight is 341 g/mol. The van der Waals surface area contributed by atoms with Crippen molar-refractivity contribution in [1.29, 1.82) is 0 Å². The van der Waals surface area contributed by atoms with E-state index in [9.17, 15) is 0 Å². The molecule has 0 radical (unpaired) electrons. The first-order valence-corrected chi connectivity index (χ1v) is 7.09. The highest BCUT2D eigenvalue weighted by Gasteiger charge is 2.24. The van der Waals surface area contributed by atoms with E-state index >= 15 is 0 Å². The fourth-order valence-corrected chi connectivity index (χ4v) is 3.85. The van der Waals surface area contributed by atoms with Crippen LogP contribution in [0.25, 0.3) is 0 Å². The second kappa shape index (κ2) is 5.17. The highest BCUT2D eigenvalue weighted by atomic mass is 79.9. The average Bonchev–Trinajstić information content (AvgIpc) is 2.26. The van der Waals surface area contributed by atoms with Crippen LogP contribution in [0.4, 0.5) is 0 Å². The molecule has 86 valence electrons. The maximum absolute atomic E-state index is 6.26. The number of hydrogen-bond donors (Lipinski definition) is 0. The summed E-state index contributed by atoms with van der Waals surface area (Å²) in [6.07, 6.45) is 0.831. The Kier molecular flexibility index (Phi) is 4.06. The molecule has 0 bridgehead atoms. The second-order valence-corrected chi connectivity index (χ2v) is 5.92. The summed E-state index contributed by atoms with van der Waals surface area (Å²) in [6, 6.07) is 1.81. The lowest BCUT2D eigenvalue weighted by atomic mass is 10.1. The maximum Gasteiger partial charge on any atom is 0.106 e. The first kappa shape index (κ1) is 12.6. The second-order valence-electron chi connectivity index (χ2n) is 3.18. The quantitative estimate of drug-likeness (QED) is 0.550. The zero-order valence-corrected chi connectivity index (χ0v) is 12.3. The van der Waals surface area contributed by atoms with Crippen molar-refractivity contribution in [1.82, 2.24) is 0 Å². The van der Waals surface area contributed by atoms with Crippen molar-refractivity contribution in [2.75, 3.05) is 12.9 Å². The molecular formula is C10H8BrCl2NOS. The van der Waals surface area contributed by atoms with Crippen molar-refractivity contribution in [3.8, 4) is 0 Å². The Morgan fingerprint density at radius 1 is 1.50 bits per heavy atom. The Bertz CT molecular complexity index is 465. The third-order valence-electron chi connectivity index (χ3n) is 2.20. The largest absolute Gasteiger partial charge is 0.399 e. The van der Waals surface area contributed by atoms with Crippen molar-refractivity contribution in [2.45, 2.75) is 11.3 Å². The number of oxime groups is 1. The summed E-state index contributed by atoms with van der Waals surface area (Å²) in [5.41, 5.74) is 1.74. The molecule has 0 fully saturated rings. The molecule has 1 heterocycles. The molecule has 0 atom stereocenters. The Labute approximate surface area is 116 Å². The number of rotatable bonds is 1. The minimum atomic E-state index is 0.641. The molecule has 1 aliphatic rings. The molecule has 2 rings (SSSR count). The minimum Gasteiger partial charge on any atom is -0.399 e. The van der Waals surface area contributed by atoms with Gasteiger partial charge in [0.25, 0.3) is 0 Å². The van der Waals surface area contributed by atoms with E-state index in [1.165, 1.54) is 7.11 Å². The zero-order valence-electron chi connectivity index (χ0n) is 8.39. The molecule has 0 aromatic heterocycles. The molecule has 0 aliphatic carbocycles. The molecule has 16 heavy (non-hydrogen) atoms. The topological polar surface area (TPSA) is 21.6 Å². The van der Waals surface area contributed by atoms with Crippen molar-refractivity contribution in [3.63, 3.8) is 0 Å². The van der Waals surface area contributed by atoms with Crippen molar-refractivity contribution >= 4 is 56.6 Å². The van der Waals surface area contributed by atoms with Gasteiger partial charge in [-0.1, -0.05) is 28.4 Å². The first-order chi connectivity index (χ1) is 7.65. The van der Waals surface area contributed by atoms with Crippen LogP contribution in [0.5, 0.6) is 0 Å². The Balaban J connectivity index is 2.67. The molecule has 1 aromatic carbocycles. The summed E-state index contributed by atoms with van der Waals surface area (Å²) in [7, 11) is 1.53. The van der Waals surface area contributed by atoms with Gasteiger partial charge in [-0.3, -0.25) is 0 Å². The van der Waals surface area contributed by atoms with Crippen LogP contribution in [-0.2, 0) is 4.84 Å². The molecule has 0 saturated heterocycles. The Morgan fingerprint density at radius 3 is 2.94 bits per heavy atom. The van der Waals surface area contributed by atoms with Crippen molar-refractivity contribution in [3.05, 3.63) is 26.1 Å². The van der Waals surface area contributed by atoms with E-state index < -0.39 is 0 Å². The number of hydrogen-bond acceptors (Lipinski definition) is 3. The molecule has 0 unspecified atom stereocenters. The van der Waals surface area contributed by atoms with Crippen LogP contribution in [0, 0.1) is 0 Å². The lowest BCUT2D eigenvalue weighted by Gasteiger charge is -2.20. The van der Waals surface area contributed by atoms with Crippen LogP contribution >= 0.6 is 50.9 Å². The highest BCUT2D eigenvalue weighted by Crippen LogP contribution is 2.43. The summed E-state index contributed by atoms with van der Waals surface area (Å²) in [5.74, 6) is 0.937. The number of thioether (sulfide) groups is 1. The van der Waals surface area contributed by atoms with Gasteiger partial charge >= 0.3 is 0 Å². The molecule has 0 spiro atoms. The normalized spacial score (nSPS) is 17.4. The van der Waals surface area contributed by atoms with Crippen LogP contribution in [0.3, 0.4) is 0 Å². The van der Waals surface area contributed by atoms with E-state index in [1.807, 2.05) is 6.07 Å². The van der Waals surface area contributed by atoms with E-state index in [4.69, 9.17) is 28.0 Å². The SMILES string of the molecule is CON=C1CCSc2c(Cl)cc(Br)c(Cl)c21. The predicted molar refractivity (Wildman–Crippen MR) is 73.0 cm³/mol. The highest BCUT2D eigenvalue weighted by molar-refractivity contribution is 9.10. The minimum absolute atomic E-state index is 0.641. The van der Waals surface area contributed by atoms with E-state index in [-0.39, 0.29) is 0 Å². The molecular weight excluding hydrogens is 333 g/mol. The van der Waals surface area contributed by atoms with Crippen LogP contribution < -0.4 is 0 Å². The summed E-state index contributed by atoms with van der Waals surface area (Å²) in [5, 5.41) is 5.34. The number of halogens is 3. The summed E-state index contributed by atoms with van der Waals surface area (Å²) in [4.78, 5) is 5.82. The first-order valence-electron chi connectivity index (χ1n) is 4.56. The number of fused-ring (bicyclic) bond motifs is 1. The Hall–Kier alpha value is 0.1000. The summed E-state index contributed by atoms with van der Waals surface area (Å²) >= 11 is 17.5. The van der Waals surface area contributed by atoms with Gasteiger partial charge < -0.3 is 4.84 Å². The molecule has 1 aromatic rings. The van der Waals surface area contributed by atoms with E-state index in [1.54, 1.807) is 11.8 Å². The van der Waals surface area contributed by atoms with Crippen molar-refractivity contribution in [2.24, 2.45) is 5.16 Å². The van der Waals surface area contributed by atoms with Gasteiger partial charge in [0.15, 0.2) is 0 Å². The van der Waals surface area contributed by atoms with Crippen LogP contribution in [0.1, 0.15) is 12.0 Å². The molecule has 0 N–H and O–H groups in total. The van der Waals surface area contributed by atoms with Gasteiger partial charge in [-0.2, -0.15) is 0 Å². The molecule has 1 aliphatic heterocycles. The lowest BCUT2D eigenvalue weighted by molar-refractivity contribution is 0.213. The van der Waals surface area contributed by atoms with Crippen LogP contribution in [0.2, 0.25) is 10.0 Å². The monoisotopic (exact) mass is 339 g/mol. The standard InChI is InChI=1S/C10H8BrCl2NOS/c1-15-14-7-2-3-16-10-6(12)4-5(11)9(13)8(7)10/h4H,2-3H2,1H3. The van der Waals surface area contributed by atoms with Crippen molar-refractivity contribution < 1.29 is 4.84 Å². The van der Waals surface area contributed by atoms with E-state index in [0.29, 0.717) is 10.0 Å². The van der Waals surface area contributed by atoms with Gasteiger partial charge in [-0.05, 0) is 22.0 Å². The Morgan fingerprint density at radius 2 is 2.25 bits per heavy atom. The van der Waals surface area contributed by atoms with Gasteiger partial charge in [-0.15, -0.1) is 11.8 Å².